The van der Waals surface area contributed by atoms with E-state index >= 15 is 0 Å². The van der Waals surface area contributed by atoms with E-state index in [9.17, 15) is 26.4 Å². The molecule has 0 aliphatic carbocycles. The van der Waals surface area contributed by atoms with Crippen molar-refractivity contribution in [3.63, 3.8) is 0 Å². The molecule has 4 heterocycles. The smallest absolute Gasteiger partial charge is 0.425 e. The molecule has 2 amide bonds. The Kier molecular flexibility index (Phi) is 11.6. The first-order valence-electron chi connectivity index (χ1n) is 12.7. The monoisotopic (exact) mass is 708 g/mol. The lowest BCUT2D eigenvalue weighted by Gasteiger charge is -2.24. The van der Waals surface area contributed by atoms with Crippen LogP contribution in [0.2, 0.25) is 0 Å². The van der Waals surface area contributed by atoms with Crippen molar-refractivity contribution in [2.45, 2.75) is 52.7 Å². The number of pyridine rings is 2. The largest absolute Gasteiger partial charge is 0.443 e. The van der Waals surface area contributed by atoms with Crippen LogP contribution in [0.15, 0.2) is 41.1 Å². The molecule has 0 unspecified atom stereocenters. The number of anilines is 3. The minimum atomic E-state index is -3.96. The molecular weight excluding hydrogens is 672 g/mol. The molecule has 240 valence electrons. The summed E-state index contributed by atoms with van der Waals surface area (Å²) in [5.41, 5.74) is 9.79. The fourth-order valence-corrected chi connectivity index (χ4v) is 6.17. The van der Waals surface area contributed by atoms with E-state index in [-0.39, 0.29) is 32.0 Å². The predicted octanol–water partition coefficient (Wildman–Crippen LogP) is 2.46. The Balaban J connectivity index is 0.000000251. The molecule has 2 saturated heterocycles. The van der Waals surface area contributed by atoms with Crippen LogP contribution in [-0.4, -0.2) is 85.0 Å². The summed E-state index contributed by atoms with van der Waals surface area (Å²) >= 11 is 3.24. The normalized spacial score (nSPS) is 17.2. The average molecular weight is 710 g/mol. The number of aromatic nitrogens is 2. The Bertz CT molecular complexity index is 1490. The molecular formula is C24H37BrN8O8S2. The highest BCUT2D eigenvalue weighted by Gasteiger charge is 2.42. The first kappa shape index (κ1) is 35.8. The van der Waals surface area contributed by atoms with Gasteiger partial charge in [0.15, 0.2) is 0 Å². The molecule has 2 aromatic heterocycles. The summed E-state index contributed by atoms with van der Waals surface area (Å²) in [6, 6.07) is 6.54. The molecule has 5 N–H and O–H groups in total. The minimum absolute atomic E-state index is 0.0273. The third-order valence-electron chi connectivity index (χ3n) is 4.94. The summed E-state index contributed by atoms with van der Waals surface area (Å²) in [6.45, 7) is 10.6. The van der Waals surface area contributed by atoms with Crippen molar-refractivity contribution in [2.24, 2.45) is 0 Å². The number of nitrogens with two attached hydrogens (primary N) is 2. The Morgan fingerprint density at radius 1 is 0.837 bits per heavy atom. The fraction of sp³-hybridized carbons (Fsp3) is 0.500. The van der Waals surface area contributed by atoms with Crippen LogP contribution >= 0.6 is 15.9 Å². The van der Waals surface area contributed by atoms with E-state index in [0.29, 0.717) is 15.8 Å². The number of hydrogen-bond acceptors (Lipinski definition) is 12. The van der Waals surface area contributed by atoms with Crippen LogP contribution < -0.4 is 20.5 Å². The van der Waals surface area contributed by atoms with Crippen molar-refractivity contribution in [3.8, 4) is 0 Å². The van der Waals surface area contributed by atoms with Gasteiger partial charge >= 0.3 is 32.6 Å². The van der Waals surface area contributed by atoms with Crippen LogP contribution in [0.25, 0.3) is 0 Å². The number of nitrogen functional groups attached to an aromatic ring is 2. The lowest BCUT2D eigenvalue weighted by atomic mass is 10.2. The molecule has 2 aliphatic rings. The van der Waals surface area contributed by atoms with Crippen LogP contribution in [0.3, 0.4) is 0 Å². The van der Waals surface area contributed by atoms with Crippen LogP contribution in [0.5, 0.6) is 0 Å². The molecule has 2 aliphatic heterocycles. The van der Waals surface area contributed by atoms with Crippen molar-refractivity contribution in [1.82, 2.24) is 23.3 Å². The predicted molar refractivity (Wildman–Crippen MR) is 164 cm³/mol. The zero-order valence-electron chi connectivity index (χ0n) is 24.6. The Morgan fingerprint density at radius 2 is 1.35 bits per heavy atom. The van der Waals surface area contributed by atoms with Crippen LogP contribution in [0, 0.1) is 0 Å². The highest BCUT2D eigenvalue weighted by atomic mass is 79.9. The number of rotatable bonds is 1. The van der Waals surface area contributed by atoms with Crippen molar-refractivity contribution < 1.29 is 35.9 Å². The second-order valence-electron chi connectivity index (χ2n) is 10.9. The number of nitrogens with zero attached hydrogens (tertiary/aromatic N) is 5. The lowest BCUT2D eigenvalue weighted by molar-refractivity contribution is 0.0392. The first-order valence-corrected chi connectivity index (χ1v) is 16.4. The number of ether oxygens (including phenoxy) is 2. The van der Waals surface area contributed by atoms with E-state index in [4.69, 9.17) is 20.9 Å². The second-order valence-corrected chi connectivity index (χ2v) is 15.3. The fourth-order valence-electron chi connectivity index (χ4n) is 3.28. The summed E-state index contributed by atoms with van der Waals surface area (Å²) < 4.78 is 63.0. The number of carbonyl (C=O) groups excluding carboxylic acids is 2. The maximum Gasteiger partial charge on any atom is 0.425 e. The standard InChI is InChI=1S/C12H18N4O4S.C7H14N2O4S.C5H5BrN2/c1-12(2,3)20-11(17)16-7-6-15(21(16,18)19)9-4-5-14-10(13)8-9;1-7(2,3)13-6(10)9-5-4-8-14(9,11)12;6-4-1-2-8-5(7)3-4/h4-5,8H,6-7H2,1-3H3,(H2,13,14);8H,4-5H2,1-3H3;1-3H,(H2,7,8). The number of carbonyl (C=O) groups is 2. The molecule has 0 saturated carbocycles. The molecule has 2 aromatic rings. The van der Waals surface area contributed by atoms with Crippen molar-refractivity contribution >= 4 is 65.9 Å². The molecule has 0 atom stereocenters. The van der Waals surface area contributed by atoms with E-state index < -0.39 is 43.8 Å². The molecule has 4 rings (SSSR count). The number of amides is 2. The van der Waals surface area contributed by atoms with Gasteiger partial charge in [0.05, 0.1) is 25.3 Å². The summed E-state index contributed by atoms with van der Waals surface area (Å²) in [6.07, 6.45) is 1.35. The molecule has 16 nitrogen and oxygen atoms in total. The molecule has 0 bridgehead atoms. The SMILES string of the molecule is CC(C)(C)OC(=O)N1CCN(c2ccnc(N)c2)S1(=O)=O.CC(C)(C)OC(=O)N1CCNS1(=O)=O.Nc1cc(Br)ccn1. The summed E-state index contributed by atoms with van der Waals surface area (Å²) in [4.78, 5) is 30.9. The third-order valence-corrected chi connectivity index (χ3v) is 8.76. The van der Waals surface area contributed by atoms with Crippen LogP contribution in [0.1, 0.15) is 41.5 Å². The molecule has 19 heteroatoms. The topological polar surface area (TPSA) is 220 Å². The zero-order valence-corrected chi connectivity index (χ0v) is 27.9. The first-order chi connectivity index (χ1) is 19.6. The lowest BCUT2D eigenvalue weighted by Crippen LogP contribution is -2.40. The highest BCUT2D eigenvalue weighted by Crippen LogP contribution is 2.27. The van der Waals surface area contributed by atoms with Crippen molar-refractivity contribution in [1.29, 1.82) is 0 Å². The van der Waals surface area contributed by atoms with E-state index in [2.05, 4.69) is 30.6 Å². The third kappa shape index (κ3) is 11.0. The number of halogens is 1. The Morgan fingerprint density at radius 3 is 1.77 bits per heavy atom. The van der Waals surface area contributed by atoms with E-state index in [1.807, 2.05) is 6.07 Å². The van der Waals surface area contributed by atoms with Gasteiger partial charge in [-0.05, 0) is 59.7 Å². The quantitative estimate of drug-likeness (QED) is 0.389. The number of hydrogen-bond donors (Lipinski definition) is 3. The second kappa shape index (κ2) is 13.9. The minimum Gasteiger partial charge on any atom is -0.443 e. The van der Waals surface area contributed by atoms with Crippen LogP contribution in [-0.2, 0) is 29.9 Å². The molecule has 0 aromatic carbocycles. The van der Waals surface area contributed by atoms with E-state index in [0.717, 1.165) is 13.1 Å². The maximum atomic E-state index is 12.4. The van der Waals surface area contributed by atoms with Gasteiger partial charge in [0, 0.05) is 29.5 Å². The van der Waals surface area contributed by atoms with Gasteiger partial charge in [-0.2, -0.15) is 30.2 Å². The highest BCUT2D eigenvalue weighted by molar-refractivity contribution is 9.10. The summed E-state index contributed by atoms with van der Waals surface area (Å²) in [7, 11) is -7.61. The van der Waals surface area contributed by atoms with Gasteiger partial charge in [0.1, 0.15) is 22.8 Å². The van der Waals surface area contributed by atoms with Crippen molar-refractivity contribution in [3.05, 3.63) is 41.1 Å². The average Bonchev–Trinajstić information content (AvgIpc) is 3.35. The molecule has 0 spiro atoms. The van der Waals surface area contributed by atoms with Gasteiger partial charge in [-0.25, -0.2) is 19.6 Å². The molecule has 2 fully saturated rings. The van der Waals surface area contributed by atoms with Crippen LogP contribution in [0.4, 0.5) is 26.9 Å². The Hall–Kier alpha value is -3.42. The van der Waals surface area contributed by atoms with Gasteiger partial charge in [0.25, 0.3) is 0 Å². The summed E-state index contributed by atoms with van der Waals surface area (Å²) in [5.74, 6) is 0.748. The number of nitrogens with one attached hydrogen (secondary N) is 1. The van der Waals surface area contributed by atoms with Gasteiger partial charge in [0.2, 0.25) is 0 Å². The van der Waals surface area contributed by atoms with Gasteiger partial charge in [-0.3, -0.25) is 4.31 Å². The molecule has 0 radical (unpaired) electrons. The van der Waals surface area contributed by atoms with Gasteiger partial charge in [-0.15, -0.1) is 0 Å². The Labute approximate surface area is 260 Å². The van der Waals surface area contributed by atoms with Gasteiger partial charge in [-0.1, -0.05) is 15.9 Å². The zero-order chi connectivity index (χ0) is 32.8. The maximum absolute atomic E-state index is 12.4. The van der Waals surface area contributed by atoms with Crippen molar-refractivity contribution in [2.75, 3.05) is 42.0 Å². The van der Waals surface area contributed by atoms with E-state index in [1.165, 1.54) is 18.3 Å². The summed E-state index contributed by atoms with van der Waals surface area (Å²) in [5, 5.41) is 0. The van der Waals surface area contributed by atoms with E-state index in [1.54, 1.807) is 53.8 Å². The van der Waals surface area contributed by atoms with Gasteiger partial charge < -0.3 is 20.9 Å². The molecule has 43 heavy (non-hydrogen) atoms.